The number of allylic oxidation sites excluding steroid dienone is 1. The molecular weight excluding hydrogens is 528 g/mol. The molecule has 0 aromatic heterocycles. The van der Waals surface area contributed by atoms with Gasteiger partial charge < -0.3 is 29.9 Å². The summed E-state index contributed by atoms with van der Waals surface area (Å²) in [5, 5.41) is 40.5. The number of aliphatic hydroxyl groups excluding tert-OH is 4. The van der Waals surface area contributed by atoms with E-state index in [1.54, 1.807) is 0 Å². The highest BCUT2D eigenvalue weighted by atomic mass is 16.7. The lowest BCUT2D eigenvalue weighted by molar-refractivity contribution is -0.313. The minimum absolute atomic E-state index is 0.110. The molecule has 1 aliphatic heterocycles. The first-order chi connectivity index (χ1) is 19.8. The Labute approximate surface area is 255 Å². The number of rotatable bonds is 9. The Kier molecular flexibility index (Phi) is 9.68. The third-order valence-corrected chi connectivity index (χ3v) is 14.3. The van der Waals surface area contributed by atoms with E-state index < -0.39 is 37.3 Å². The van der Waals surface area contributed by atoms with Crippen molar-refractivity contribution < 1.29 is 29.9 Å². The molecule has 0 aromatic carbocycles. The second-order valence-corrected chi connectivity index (χ2v) is 16.3. The number of hydrogen-bond donors (Lipinski definition) is 4. The van der Waals surface area contributed by atoms with Crippen molar-refractivity contribution in [3.63, 3.8) is 0 Å². The Morgan fingerprint density at radius 3 is 2.29 bits per heavy atom. The van der Waals surface area contributed by atoms with Gasteiger partial charge in [-0.15, -0.1) is 0 Å². The van der Waals surface area contributed by atoms with Crippen LogP contribution in [-0.2, 0) is 9.47 Å². The lowest BCUT2D eigenvalue weighted by Crippen LogP contribution is -2.60. The molecule has 1 heterocycles. The van der Waals surface area contributed by atoms with E-state index in [9.17, 15) is 20.4 Å². The molecule has 6 heteroatoms. The summed E-state index contributed by atoms with van der Waals surface area (Å²) in [5.41, 5.74) is 2.47. The molecule has 5 aliphatic rings. The van der Waals surface area contributed by atoms with Crippen LogP contribution in [0.1, 0.15) is 119 Å². The van der Waals surface area contributed by atoms with Crippen molar-refractivity contribution in [3.8, 4) is 0 Å². The lowest BCUT2D eigenvalue weighted by atomic mass is 9.42. The van der Waals surface area contributed by atoms with E-state index in [4.69, 9.17) is 9.47 Å². The van der Waals surface area contributed by atoms with Gasteiger partial charge in [-0.25, -0.2) is 0 Å². The van der Waals surface area contributed by atoms with Crippen LogP contribution in [-0.4, -0.2) is 63.8 Å². The van der Waals surface area contributed by atoms with Crippen molar-refractivity contribution in [3.05, 3.63) is 11.6 Å². The van der Waals surface area contributed by atoms with Gasteiger partial charge >= 0.3 is 0 Å². The molecule has 0 amide bonds. The van der Waals surface area contributed by atoms with E-state index in [0.29, 0.717) is 16.7 Å². The Hall–Kier alpha value is -0.500. The maximum atomic E-state index is 10.5. The van der Waals surface area contributed by atoms with Crippen LogP contribution in [0.2, 0.25) is 0 Å². The molecule has 42 heavy (non-hydrogen) atoms. The predicted octanol–water partition coefficient (Wildman–Crippen LogP) is 6.24. The van der Waals surface area contributed by atoms with Gasteiger partial charge in [0.05, 0.1) is 12.7 Å². The number of hydrogen-bond acceptors (Lipinski definition) is 6. The van der Waals surface area contributed by atoms with Gasteiger partial charge in [0.25, 0.3) is 0 Å². The molecule has 0 unspecified atom stereocenters. The fourth-order valence-electron chi connectivity index (χ4n) is 11.1. The average molecular weight is 591 g/mol. The monoisotopic (exact) mass is 590 g/mol. The average Bonchev–Trinajstić information content (AvgIpc) is 3.24. The summed E-state index contributed by atoms with van der Waals surface area (Å²) in [7, 11) is 0. The Bertz CT molecular complexity index is 965. The van der Waals surface area contributed by atoms with Crippen LogP contribution < -0.4 is 0 Å². The molecule has 1 saturated heterocycles. The minimum atomic E-state index is -1.40. The maximum absolute atomic E-state index is 10.5. The van der Waals surface area contributed by atoms with Crippen LogP contribution in [0, 0.1) is 51.8 Å². The molecule has 4 fully saturated rings. The summed E-state index contributed by atoms with van der Waals surface area (Å²) in [6.07, 6.45) is 9.72. The fourth-order valence-corrected chi connectivity index (χ4v) is 11.1. The highest BCUT2D eigenvalue weighted by molar-refractivity contribution is 5.27. The molecule has 0 radical (unpaired) electrons. The third kappa shape index (κ3) is 5.36. The largest absolute Gasteiger partial charge is 0.394 e. The highest BCUT2D eigenvalue weighted by Crippen LogP contribution is 2.72. The smallest absolute Gasteiger partial charge is 0.186 e. The summed E-state index contributed by atoms with van der Waals surface area (Å²) in [6, 6.07) is 0. The molecule has 0 spiro atoms. The van der Waals surface area contributed by atoms with Crippen molar-refractivity contribution in [2.75, 3.05) is 6.61 Å². The van der Waals surface area contributed by atoms with Gasteiger partial charge in [0.2, 0.25) is 0 Å². The molecular formula is C36H62O6. The highest BCUT2D eigenvalue weighted by Gasteiger charge is 2.65. The zero-order valence-electron chi connectivity index (χ0n) is 27.6. The van der Waals surface area contributed by atoms with Gasteiger partial charge in [0.1, 0.15) is 24.4 Å². The lowest BCUT2D eigenvalue weighted by Gasteiger charge is -2.63. The van der Waals surface area contributed by atoms with Crippen LogP contribution in [0.3, 0.4) is 0 Å². The second kappa shape index (κ2) is 12.4. The van der Waals surface area contributed by atoms with E-state index in [1.807, 2.05) is 0 Å². The Balaban J connectivity index is 1.27. The van der Waals surface area contributed by atoms with Crippen molar-refractivity contribution in [2.24, 2.45) is 51.8 Å². The molecule has 4 N–H and O–H groups in total. The summed E-state index contributed by atoms with van der Waals surface area (Å²) >= 11 is 0. The van der Waals surface area contributed by atoms with Gasteiger partial charge in [-0.2, -0.15) is 0 Å². The first-order valence-corrected chi connectivity index (χ1v) is 17.5. The number of ether oxygens (including phenoxy) is 2. The molecule has 3 saturated carbocycles. The quantitative estimate of drug-likeness (QED) is 0.237. The van der Waals surface area contributed by atoms with Crippen molar-refractivity contribution in [1.82, 2.24) is 0 Å². The van der Waals surface area contributed by atoms with E-state index in [0.717, 1.165) is 55.3 Å². The van der Waals surface area contributed by atoms with Crippen molar-refractivity contribution in [2.45, 2.75) is 156 Å². The molecule has 6 nitrogen and oxygen atoms in total. The van der Waals surface area contributed by atoms with Gasteiger partial charge in [-0.1, -0.05) is 73.0 Å². The molecule has 0 aromatic rings. The topological polar surface area (TPSA) is 99.4 Å². The van der Waals surface area contributed by atoms with E-state index in [-0.39, 0.29) is 11.5 Å². The van der Waals surface area contributed by atoms with E-state index >= 15 is 0 Å². The molecule has 5 rings (SSSR count). The van der Waals surface area contributed by atoms with Gasteiger partial charge in [0, 0.05) is 0 Å². The second-order valence-electron chi connectivity index (χ2n) is 16.3. The van der Waals surface area contributed by atoms with Crippen LogP contribution >= 0.6 is 0 Å². The summed E-state index contributed by atoms with van der Waals surface area (Å²) in [4.78, 5) is 0. The van der Waals surface area contributed by atoms with E-state index in [2.05, 4.69) is 54.5 Å². The molecule has 4 aliphatic carbocycles. The fraction of sp³-hybridized carbons (Fsp3) is 0.944. The summed E-state index contributed by atoms with van der Waals surface area (Å²) in [6.45, 7) is 17.1. The van der Waals surface area contributed by atoms with Crippen LogP contribution in [0.4, 0.5) is 0 Å². The first-order valence-electron chi connectivity index (χ1n) is 17.5. The standard InChI is InChI=1S/C36H62O6/c1-8-23(21(2)3)10-9-22(4)26-14-17-36(7)28-12-11-24-19-25(13-16-34(24,5)27(28)15-18-35(26,36)6)41-33-32(40)31(39)30(38)29(20-37)42-33/h11,21-23,25-33,37-40H,8-10,12-20H2,1-7H3/t22-,23-,25+,26-,27+,28-,29-,30+,31+,32-,33-,34+,35-,36+/m1/s1. The van der Waals surface area contributed by atoms with Gasteiger partial charge in [0.15, 0.2) is 6.29 Å². The van der Waals surface area contributed by atoms with E-state index in [1.165, 1.54) is 50.5 Å². The maximum Gasteiger partial charge on any atom is 0.186 e. The third-order valence-electron chi connectivity index (χ3n) is 14.3. The number of aliphatic hydroxyl groups is 4. The Morgan fingerprint density at radius 2 is 1.62 bits per heavy atom. The SMILES string of the molecule is CC[C@H](CC[C@@H](C)[C@H]1CC[C@@]2(C)[C@@H]3CC=C4C[C@@H](O[C@@H]5O[C@H](CO)[C@H](O)[C@H](O)[C@H]5O)CC[C@]4(C)[C@H]3CC[C@]12C)C(C)C. The van der Waals surface area contributed by atoms with Gasteiger partial charge in [-0.05, 0) is 110 Å². The summed E-state index contributed by atoms with van der Waals surface area (Å²) < 4.78 is 11.9. The van der Waals surface area contributed by atoms with Crippen LogP contribution in [0.5, 0.6) is 0 Å². The number of fused-ring (bicyclic) bond motifs is 5. The van der Waals surface area contributed by atoms with Crippen molar-refractivity contribution in [1.29, 1.82) is 0 Å². The predicted molar refractivity (Wildman–Crippen MR) is 165 cm³/mol. The normalized spacial score (nSPS) is 48.7. The molecule has 242 valence electrons. The minimum Gasteiger partial charge on any atom is -0.394 e. The van der Waals surface area contributed by atoms with Crippen LogP contribution in [0.25, 0.3) is 0 Å². The van der Waals surface area contributed by atoms with Crippen molar-refractivity contribution >= 4 is 0 Å². The zero-order chi connectivity index (χ0) is 30.6. The summed E-state index contributed by atoms with van der Waals surface area (Å²) in [5.74, 6) is 4.68. The molecule has 0 bridgehead atoms. The first kappa shape index (κ1) is 32.9. The molecule has 14 atom stereocenters. The van der Waals surface area contributed by atoms with Gasteiger partial charge in [-0.3, -0.25) is 0 Å². The van der Waals surface area contributed by atoms with Crippen LogP contribution in [0.15, 0.2) is 11.6 Å². The zero-order valence-corrected chi connectivity index (χ0v) is 27.6. The Morgan fingerprint density at radius 1 is 0.905 bits per heavy atom.